The highest BCUT2D eigenvalue weighted by Crippen LogP contribution is 2.33. The first kappa shape index (κ1) is 30.7. The predicted octanol–water partition coefficient (Wildman–Crippen LogP) is 5.61. The average molecular weight is 595 g/mol. The number of rotatable bonds is 10. The molecule has 2 aromatic carbocycles. The van der Waals surface area contributed by atoms with Crippen LogP contribution in [0.1, 0.15) is 69.7 Å². The Morgan fingerprint density at radius 1 is 1.07 bits per heavy atom. The zero-order valence-electron chi connectivity index (χ0n) is 24.9. The summed E-state index contributed by atoms with van der Waals surface area (Å²) < 4.78 is 39.9. The van der Waals surface area contributed by atoms with Gasteiger partial charge in [0, 0.05) is 12.6 Å². The number of nitrogens with zero attached hydrogens (tertiary/aromatic N) is 2. The number of ether oxygens (including phenoxy) is 1. The number of nitrogens with one attached hydrogen (secondary N) is 2. The van der Waals surface area contributed by atoms with Crippen LogP contribution >= 0.6 is 0 Å². The topological polar surface area (TPSA) is 96.7 Å². The molecular formula is C33H40F2N4O4. The minimum atomic E-state index is -0.633. The van der Waals surface area contributed by atoms with E-state index in [1.54, 1.807) is 35.2 Å². The largest absolute Gasteiger partial charge is 0.475 e. The minimum Gasteiger partial charge on any atom is -0.475 e. The van der Waals surface area contributed by atoms with Crippen LogP contribution in [0.25, 0.3) is 11.1 Å². The van der Waals surface area contributed by atoms with E-state index in [4.69, 9.17) is 9.26 Å². The van der Waals surface area contributed by atoms with Gasteiger partial charge in [0.1, 0.15) is 23.6 Å². The number of hydrogen-bond donors (Lipinski definition) is 2. The van der Waals surface area contributed by atoms with Gasteiger partial charge >= 0.3 is 0 Å². The van der Waals surface area contributed by atoms with Crippen LogP contribution in [0, 0.1) is 23.5 Å². The van der Waals surface area contributed by atoms with Crippen molar-refractivity contribution in [1.29, 1.82) is 0 Å². The highest BCUT2D eigenvalue weighted by atomic mass is 19.1. The summed E-state index contributed by atoms with van der Waals surface area (Å²) >= 11 is 0. The molecule has 3 heterocycles. The maximum Gasteiger partial charge on any atom is 0.254 e. The maximum absolute atomic E-state index is 14.2. The number of likely N-dealkylation sites (tertiary alicyclic amines) is 1. The SMILES string of the molecule is CC(NC(=O)C1CCCN1C(=O)C(c1cc(OCC2CCNCC2)no1)C(C)C)c1ccc(-c2c(F)cccc2F)cc1. The Balaban J connectivity index is 1.22. The van der Waals surface area contributed by atoms with Crippen LogP contribution in [0.15, 0.2) is 53.1 Å². The molecule has 0 saturated carbocycles. The van der Waals surface area contributed by atoms with E-state index >= 15 is 0 Å². The van der Waals surface area contributed by atoms with Crippen LogP contribution in [0.3, 0.4) is 0 Å². The van der Waals surface area contributed by atoms with Crippen molar-refractivity contribution in [2.75, 3.05) is 26.2 Å². The maximum atomic E-state index is 14.2. The number of carbonyl (C=O) groups is 2. The predicted molar refractivity (Wildman–Crippen MR) is 158 cm³/mol. The monoisotopic (exact) mass is 594 g/mol. The van der Waals surface area contributed by atoms with E-state index in [0.29, 0.717) is 49.1 Å². The van der Waals surface area contributed by atoms with Gasteiger partial charge in [0.2, 0.25) is 11.8 Å². The quantitative estimate of drug-likeness (QED) is 0.317. The zero-order chi connectivity index (χ0) is 30.5. The molecule has 3 unspecified atom stereocenters. The van der Waals surface area contributed by atoms with Gasteiger partial charge in [-0.15, -0.1) is 0 Å². The second-order valence-corrected chi connectivity index (χ2v) is 11.9. The lowest BCUT2D eigenvalue weighted by Gasteiger charge is -2.29. The van der Waals surface area contributed by atoms with Gasteiger partial charge in [0.15, 0.2) is 5.76 Å². The third-order valence-corrected chi connectivity index (χ3v) is 8.53. The van der Waals surface area contributed by atoms with Crippen molar-refractivity contribution in [1.82, 2.24) is 20.7 Å². The van der Waals surface area contributed by atoms with Crippen molar-refractivity contribution >= 4 is 11.8 Å². The highest BCUT2D eigenvalue weighted by Gasteiger charge is 2.40. The number of carbonyl (C=O) groups excluding carboxylic acids is 2. The molecule has 2 fully saturated rings. The Morgan fingerprint density at radius 2 is 1.77 bits per heavy atom. The summed E-state index contributed by atoms with van der Waals surface area (Å²) in [5, 5.41) is 10.4. The van der Waals surface area contributed by atoms with Gasteiger partial charge in [-0.05, 0) is 85.9 Å². The lowest BCUT2D eigenvalue weighted by Crippen LogP contribution is -2.48. The molecule has 2 N–H and O–H groups in total. The first-order chi connectivity index (χ1) is 20.7. The summed E-state index contributed by atoms with van der Waals surface area (Å²) in [6.07, 6.45) is 3.37. The van der Waals surface area contributed by atoms with Gasteiger partial charge in [-0.1, -0.05) is 44.2 Å². The van der Waals surface area contributed by atoms with Crippen LogP contribution in [-0.4, -0.2) is 54.2 Å². The second-order valence-electron chi connectivity index (χ2n) is 11.9. The summed E-state index contributed by atoms with van der Waals surface area (Å²) in [4.78, 5) is 28.9. The van der Waals surface area contributed by atoms with Crippen molar-refractivity contribution < 1.29 is 27.6 Å². The molecule has 43 heavy (non-hydrogen) atoms. The fourth-order valence-corrected chi connectivity index (χ4v) is 6.06. The first-order valence-electron chi connectivity index (χ1n) is 15.2. The molecule has 2 amide bonds. The molecule has 0 bridgehead atoms. The lowest BCUT2D eigenvalue weighted by molar-refractivity contribution is -0.141. The van der Waals surface area contributed by atoms with Crippen molar-refractivity contribution in [2.24, 2.45) is 11.8 Å². The normalized spacial score (nSPS) is 18.9. The fraction of sp³-hybridized carbons (Fsp3) is 0.485. The highest BCUT2D eigenvalue weighted by molar-refractivity contribution is 5.91. The van der Waals surface area contributed by atoms with E-state index < -0.39 is 23.6 Å². The Morgan fingerprint density at radius 3 is 2.44 bits per heavy atom. The van der Waals surface area contributed by atoms with Gasteiger partial charge < -0.3 is 24.8 Å². The van der Waals surface area contributed by atoms with Crippen LogP contribution in [-0.2, 0) is 9.59 Å². The fourth-order valence-electron chi connectivity index (χ4n) is 6.06. The summed E-state index contributed by atoms with van der Waals surface area (Å²) in [5.74, 6) is -1.09. The van der Waals surface area contributed by atoms with E-state index in [2.05, 4.69) is 15.8 Å². The molecule has 0 spiro atoms. The lowest BCUT2D eigenvalue weighted by atomic mass is 9.91. The van der Waals surface area contributed by atoms with E-state index in [1.165, 1.54) is 18.2 Å². The van der Waals surface area contributed by atoms with E-state index in [-0.39, 0.29) is 29.3 Å². The molecule has 0 aliphatic carbocycles. The third-order valence-electron chi connectivity index (χ3n) is 8.53. The molecule has 0 radical (unpaired) electrons. The summed E-state index contributed by atoms with van der Waals surface area (Å²) in [6.45, 7) is 8.74. The van der Waals surface area contributed by atoms with Gasteiger partial charge in [0.25, 0.3) is 5.88 Å². The van der Waals surface area contributed by atoms with Crippen LogP contribution in [0.4, 0.5) is 8.78 Å². The van der Waals surface area contributed by atoms with Gasteiger partial charge in [-0.2, -0.15) is 0 Å². The van der Waals surface area contributed by atoms with E-state index in [1.807, 2.05) is 20.8 Å². The molecule has 3 aromatic rings. The summed E-state index contributed by atoms with van der Waals surface area (Å²) in [6, 6.07) is 11.3. The molecule has 10 heteroatoms. The van der Waals surface area contributed by atoms with Crippen LogP contribution in [0.2, 0.25) is 0 Å². The van der Waals surface area contributed by atoms with Gasteiger partial charge in [-0.25, -0.2) is 8.78 Å². The van der Waals surface area contributed by atoms with E-state index in [9.17, 15) is 18.4 Å². The summed E-state index contributed by atoms with van der Waals surface area (Å²) in [5.41, 5.74) is 1.11. The number of piperidine rings is 1. The third kappa shape index (κ3) is 7.06. The van der Waals surface area contributed by atoms with Crippen molar-refractivity contribution in [3.8, 4) is 17.0 Å². The number of benzene rings is 2. The number of amides is 2. The van der Waals surface area contributed by atoms with Crippen molar-refractivity contribution in [3.05, 3.63) is 71.5 Å². The smallest absolute Gasteiger partial charge is 0.254 e. The Kier molecular flexibility index (Phi) is 9.75. The van der Waals surface area contributed by atoms with Gasteiger partial charge in [-0.3, -0.25) is 9.59 Å². The van der Waals surface area contributed by atoms with Crippen molar-refractivity contribution in [3.63, 3.8) is 0 Å². The first-order valence-corrected chi connectivity index (χ1v) is 15.2. The molecule has 8 nitrogen and oxygen atoms in total. The zero-order valence-corrected chi connectivity index (χ0v) is 24.9. The Bertz CT molecular complexity index is 1380. The molecular weight excluding hydrogens is 554 g/mol. The molecule has 1 aromatic heterocycles. The summed E-state index contributed by atoms with van der Waals surface area (Å²) in [7, 11) is 0. The number of halogens is 2. The molecule has 2 saturated heterocycles. The standard InChI is InChI=1S/C33H40F2N4O4/c1-20(2)30(28-18-29(38-43-28)42-19-22-13-15-36-16-14-22)33(41)39-17-5-8-27(39)32(40)37-21(3)23-9-11-24(12-10-23)31-25(34)6-4-7-26(31)35/h4,6-7,9-12,18,20-22,27,30,36H,5,8,13-17,19H2,1-3H3,(H,37,40). The molecule has 5 rings (SSSR count). The molecule has 3 atom stereocenters. The minimum absolute atomic E-state index is 0.0845. The molecule has 230 valence electrons. The Hall–Kier alpha value is -3.79. The number of aromatic nitrogens is 1. The average Bonchev–Trinajstić information content (AvgIpc) is 3.67. The Labute approximate surface area is 251 Å². The second kappa shape index (κ2) is 13.7. The molecule has 2 aliphatic heterocycles. The van der Waals surface area contributed by atoms with Crippen LogP contribution in [0.5, 0.6) is 5.88 Å². The van der Waals surface area contributed by atoms with Gasteiger partial charge in [0.05, 0.1) is 18.2 Å². The van der Waals surface area contributed by atoms with Crippen LogP contribution < -0.4 is 15.4 Å². The number of hydrogen-bond acceptors (Lipinski definition) is 6. The van der Waals surface area contributed by atoms with Crippen molar-refractivity contribution in [2.45, 2.75) is 64.5 Å². The molecule has 2 aliphatic rings. The van der Waals surface area contributed by atoms with E-state index in [0.717, 1.165) is 31.5 Å².